The van der Waals surface area contributed by atoms with Gasteiger partial charge < -0.3 is 25.5 Å². The first kappa shape index (κ1) is 30.7. The van der Waals surface area contributed by atoms with E-state index in [4.69, 9.17) is 0 Å². The molecule has 0 bridgehead atoms. The summed E-state index contributed by atoms with van der Waals surface area (Å²) in [5, 5.41) is 47.4. The van der Waals surface area contributed by atoms with Crippen molar-refractivity contribution in [3.63, 3.8) is 0 Å². The van der Waals surface area contributed by atoms with E-state index in [1.54, 1.807) is 35.2 Å². The standard InChI is InChI=1S/C25H35N3O10/c29-21(30)12-26(13-22(31)32)18(10-17-6-2-1-3-7-17)11-27(14-23(33)34)19-8-4-5-9-20(19)28(15-24(35)36)16-25(37)38/h1-3,6-7,18-20H,4-5,8-16H2,(H,29,30)(H,31,32)(H,33,34)(H,35,36)(H,37,38)/t18-,19+,20+/m0/s1. The third kappa shape index (κ3) is 10.4. The van der Waals surface area contributed by atoms with Crippen LogP contribution in [0.25, 0.3) is 0 Å². The lowest BCUT2D eigenvalue weighted by atomic mass is 9.87. The molecule has 1 aliphatic carbocycles. The fraction of sp³-hybridized carbons (Fsp3) is 0.560. The van der Waals surface area contributed by atoms with E-state index < -0.39 is 80.7 Å². The lowest BCUT2D eigenvalue weighted by molar-refractivity contribution is -0.146. The molecule has 0 heterocycles. The van der Waals surface area contributed by atoms with Crippen molar-refractivity contribution < 1.29 is 49.5 Å². The fourth-order valence-electron chi connectivity index (χ4n) is 5.20. The van der Waals surface area contributed by atoms with Crippen LogP contribution >= 0.6 is 0 Å². The maximum Gasteiger partial charge on any atom is 0.317 e. The van der Waals surface area contributed by atoms with Crippen molar-refractivity contribution in [1.82, 2.24) is 14.7 Å². The molecule has 1 aromatic rings. The Kier molecular flexibility index (Phi) is 12.1. The third-order valence-electron chi connectivity index (χ3n) is 6.60. The quantitative estimate of drug-likeness (QED) is 0.181. The highest BCUT2D eigenvalue weighted by atomic mass is 16.4. The van der Waals surface area contributed by atoms with Crippen LogP contribution in [0, 0.1) is 0 Å². The minimum absolute atomic E-state index is 0.0170. The Bertz CT molecular complexity index is 941. The Hall–Kier alpha value is -3.55. The van der Waals surface area contributed by atoms with Gasteiger partial charge in [0.05, 0.1) is 32.7 Å². The first-order chi connectivity index (χ1) is 18.0. The largest absolute Gasteiger partial charge is 0.480 e. The van der Waals surface area contributed by atoms with Gasteiger partial charge in [-0.2, -0.15) is 0 Å². The lowest BCUT2D eigenvalue weighted by Gasteiger charge is -2.45. The summed E-state index contributed by atoms with van der Waals surface area (Å²) >= 11 is 0. The van der Waals surface area contributed by atoms with Crippen molar-refractivity contribution in [2.24, 2.45) is 0 Å². The molecule has 0 radical (unpaired) electrons. The first-order valence-corrected chi connectivity index (χ1v) is 12.3. The second-order valence-electron chi connectivity index (χ2n) is 9.47. The van der Waals surface area contributed by atoms with Crippen LogP contribution in [0.2, 0.25) is 0 Å². The van der Waals surface area contributed by atoms with E-state index in [0.717, 1.165) is 5.56 Å². The summed E-state index contributed by atoms with van der Waals surface area (Å²) in [6, 6.07) is 7.17. The number of nitrogens with zero attached hydrogens (tertiary/aromatic N) is 3. The van der Waals surface area contributed by atoms with E-state index in [1.165, 1.54) is 9.80 Å². The molecule has 1 aliphatic rings. The summed E-state index contributed by atoms with van der Waals surface area (Å²) in [6.45, 7) is -2.71. The summed E-state index contributed by atoms with van der Waals surface area (Å²) in [6.07, 6.45) is 2.59. The van der Waals surface area contributed by atoms with Crippen LogP contribution in [-0.2, 0) is 30.4 Å². The molecule has 3 atom stereocenters. The number of aliphatic carboxylic acids is 5. The van der Waals surface area contributed by atoms with E-state index in [9.17, 15) is 49.5 Å². The molecule has 0 aliphatic heterocycles. The number of carboxylic acid groups (broad SMARTS) is 5. The van der Waals surface area contributed by atoms with Crippen molar-refractivity contribution in [3.8, 4) is 0 Å². The number of rotatable bonds is 17. The summed E-state index contributed by atoms with van der Waals surface area (Å²) in [5.74, 6) is -6.07. The Labute approximate surface area is 219 Å². The molecule has 0 spiro atoms. The Morgan fingerprint density at radius 2 is 1.08 bits per heavy atom. The van der Waals surface area contributed by atoms with Gasteiger partial charge in [0.2, 0.25) is 0 Å². The number of benzene rings is 1. The SMILES string of the molecule is O=C(O)CN(CC(=O)O)[C@@H](Cc1ccccc1)CN(CC(=O)O)[C@@H]1CCCC[C@H]1N(CC(=O)O)CC(=O)O. The number of hydrogen-bond acceptors (Lipinski definition) is 8. The van der Waals surface area contributed by atoms with Crippen molar-refractivity contribution in [2.45, 2.75) is 50.2 Å². The van der Waals surface area contributed by atoms with Gasteiger partial charge in [0.15, 0.2) is 0 Å². The highest BCUT2D eigenvalue weighted by Crippen LogP contribution is 2.28. The zero-order valence-corrected chi connectivity index (χ0v) is 21.0. The number of hydrogen-bond donors (Lipinski definition) is 5. The van der Waals surface area contributed by atoms with Gasteiger partial charge in [0, 0.05) is 24.7 Å². The first-order valence-electron chi connectivity index (χ1n) is 12.3. The summed E-state index contributed by atoms with van der Waals surface area (Å²) in [7, 11) is 0. The van der Waals surface area contributed by atoms with Crippen LogP contribution in [0.4, 0.5) is 0 Å². The van der Waals surface area contributed by atoms with Gasteiger partial charge in [0.25, 0.3) is 0 Å². The average Bonchev–Trinajstić information content (AvgIpc) is 2.81. The smallest absolute Gasteiger partial charge is 0.317 e. The highest BCUT2D eigenvalue weighted by Gasteiger charge is 2.38. The van der Waals surface area contributed by atoms with Crippen LogP contribution in [0.3, 0.4) is 0 Å². The fourth-order valence-corrected chi connectivity index (χ4v) is 5.20. The van der Waals surface area contributed by atoms with E-state index in [0.29, 0.717) is 25.7 Å². The molecule has 2 rings (SSSR count). The van der Waals surface area contributed by atoms with Gasteiger partial charge in [-0.15, -0.1) is 0 Å². The summed E-state index contributed by atoms with van der Waals surface area (Å²) in [5.41, 5.74) is 0.798. The molecule has 5 N–H and O–H groups in total. The zero-order chi connectivity index (χ0) is 28.2. The normalized spacial score (nSPS) is 18.4. The van der Waals surface area contributed by atoms with Crippen LogP contribution in [0.15, 0.2) is 30.3 Å². The Balaban J connectivity index is 2.47. The molecule has 1 aromatic carbocycles. The maximum atomic E-state index is 11.9. The molecule has 13 heteroatoms. The monoisotopic (exact) mass is 537 g/mol. The predicted octanol–water partition coefficient (Wildman–Crippen LogP) is 0.238. The minimum atomic E-state index is -1.24. The van der Waals surface area contributed by atoms with E-state index in [-0.39, 0.29) is 13.0 Å². The summed E-state index contributed by atoms with van der Waals surface area (Å²) in [4.78, 5) is 62.3. The molecule has 1 saturated carbocycles. The minimum Gasteiger partial charge on any atom is -0.480 e. The van der Waals surface area contributed by atoms with Gasteiger partial charge in [-0.3, -0.25) is 38.7 Å². The molecular weight excluding hydrogens is 502 g/mol. The molecule has 0 aromatic heterocycles. The molecule has 210 valence electrons. The van der Waals surface area contributed by atoms with Crippen LogP contribution in [-0.4, -0.2) is 127 Å². The zero-order valence-electron chi connectivity index (χ0n) is 21.0. The van der Waals surface area contributed by atoms with Crippen molar-refractivity contribution in [2.75, 3.05) is 39.3 Å². The van der Waals surface area contributed by atoms with E-state index >= 15 is 0 Å². The van der Waals surface area contributed by atoms with E-state index in [1.807, 2.05) is 0 Å². The lowest BCUT2D eigenvalue weighted by Crippen LogP contribution is -2.59. The molecule has 13 nitrogen and oxygen atoms in total. The second kappa shape index (κ2) is 15.0. The van der Waals surface area contributed by atoms with Gasteiger partial charge in [-0.25, -0.2) is 0 Å². The Morgan fingerprint density at radius 3 is 1.53 bits per heavy atom. The Morgan fingerprint density at radius 1 is 0.658 bits per heavy atom. The number of carboxylic acids is 5. The molecule has 0 saturated heterocycles. The molecule has 0 amide bonds. The van der Waals surface area contributed by atoms with Crippen molar-refractivity contribution in [1.29, 1.82) is 0 Å². The predicted molar refractivity (Wildman–Crippen MR) is 133 cm³/mol. The van der Waals surface area contributed by atoms with Gasteiger partial charge in [0.1, 0.15) is 0 Å². The maximum absolute atomic E-state index is 11.9. The van der Waals surface area contributed by atoms with Crippen LogP contribution in [0.5, 0.6) is 0 Å². The van der Waals surface area contributed by atoms with Crippen LogP contribution < -0.4 is 0 Å². The molecular formula is C25H35N3O10. The van der Waals surface area contributed by atoms with Gasteiger partial charge >= 0.3 is 29.8 Å². The number of carbonyl (C=O) groups is 5. The van der Waals surface area contributed by atoms with Crippen molar-refractivity contribution in [3.05, 3.63) is 35.9 Å². The molecule has 1 fully saturated rings. The third-order valence-corrected chi connectivity index (χ3v) is 6.60. The highest BCUT2D eigenvalue weighted by molar-refractivity contribution is 5.73. The second-order valence-corrected chi connectivity index (χ2v) is 9.47. The summed E-state index contributed by atoms with van der Waals surface area (Å²) < 4.78 is 0. The van der Waals surface area contributed by atoms with Crippen molar-refractivity contribution >= 4 is 29.8 Å². The van der Waals surface area contributed by atoms with Gasteiger partial charge in [-0.1, -0.05) is 43.2 Å². The van der Waals surface area contributed by atoms with Crippen LogP contribution in [0.1, 0.15) is 31.2 Å². The van der Waals surface area contributed by atoms with E-state index in [2.05, 4.69) is 0 Å². The molecule has 38 heavy (non-hydrogen) atoms. The van der Waals surface area contributed by atoms with Gasteiger partial charge in [-0.05, 0) is 24.8 Å². The average molecular weight is 538 g/mol. The topological polar surface area (TPSA) is 196 Å². The molecule has 0 unspecified atom stereocenters.